The average molecular weight is 267 g/mol. The maximum Gasteiger partial charge on any atom is 0.162 e. The van der Waals surface area contributed by atoms with Crippen molar-refractivity contribution in [1.82, 2.24) is 9.78 Å². The zero-order chi connectivity index (χ0) is 13.3. The fourth-order valence-corrected chi connectivity index (χ4v) is 2.27. The Morgan fingerprint density at radius 1 is 1.39 bits per heavy atom. The van der Waals surface area contributed by atoms with Gasteiger partial charge in [0.25, 0.3) is 0 Å². The van der Waals surface area contributed by atoms with Gasteiger partial charge < -0.3 is 9.84 Å². The van der Waals surface area contributed by atoms with Gasteiger partial charge in [0.05, 0.1) is 13.3 Å². The maximum atomic E-state index is 10.4. The summed E-state index contributed by atoms with van der Waals surface area (Å²) in [6, 6.07) is 5.48. The Morgan fingerprint density at radius 2 is 2.11 bits per heavy atom. The first kappa shape index (κ1) is 12.9. The van der Waals surface area contributed by atoms with Crippen LogP contribution >= 0.6 is 11.6 Å². The SMILES string of the molecule is COc1cnn(C)c1C(O)c1cc(C)cc(Cl)c1. The molecule has 2 aromatic rings. The lowest BCUT2D eigenvalue weighted by Crippen LogP contribution is -2.08. The number of rotatable bonds is 3. The monoisotopic (exact) mass is 266 g/mol. The number of aliphatic hydroxyl groups is 1. The van der Waals surface area contributed by atoms with Gasteiger partial charge in [0, 0.05) is 12.1 Å². The molecule has 0 aliphatic rings. The van der Waals surface area contributed by atoms with Crippen molar-refractivity contribution in [1.29, 1.82) is 0 Å². The van der Waals surface area contributed by atoms with E-state index < -0.39 is 6.10 Å². The number of hydrogen-bond donors (Lipinski definition) is 1. The van der Waals surface area contributed by atoms with E-state index in [0.29, 0.717) is 16.5 Å². The topological polar surface area (TPSA) is 47.3 Å². The molecule has 2 rings (SSSR count). The van der Waals surface area contributed by atoms with Crippen LogP contribution in [-0.2, 0) is 7.05 Å². The molecule has 1 heterocycles. The van der Waals surface area contributed by atoms with Gasteiger partial charge in [-0.05, 0) is 30.2 Å². The number of methoxy groups -OCH3 is 1. The Hall–Kier alpha value is -1.52. The molecule has 0 fully saturated rings. The predicted molar refractivity (Wildman–Crippen MR) is 70.0 cm³/mol. The molecule has 0 bridgehead atoms. The lowest BCUT2D eigenvalue weighted by molar-refractivity contribution is 0.204. The lowest BCUT2D eigenvalue weighted by Gasteiger charge is -2.14. The Balaban J connectivity index is 2.47. The smallest absolute Gasteiger partial charge is 0.162 e. The molecule has 0 aliphatic heterocycles. The Kier molecular flexibility index (Phi) is 3.59. The second kappa shape index (κ2) is 5.00. The van der Waals surface area contributed by atoms with Crippen molar-refractivity contribution >= 4 is 11.6 Å². The molecular weight excluding hydrogens is 252 g/mol. The van der Waals surface area contributed by atoms with Gasteiger partial charge in [-0.3, -0.25) is 4.68 Å². The lowest BCUT2D eigenvalue weighted by atomic mass is 10.0. The summed E-state index contributed by atoms with van der Waals surface area (Å²) in [6.07, 6.45) is 0.764. The van der Waals surface area contributed by atoms with Crippen LogP contribution in [0.5, 0.6) is 5.75 Å². The van der Waals surface area contributed by atoms with Crippen LogP contribution in [0, 0.1) is 6.92 Å². The summed E-state index contributed by atoms with van der Waals surface area (Å²) in [5.74, 6) is 0.558. The fraction of sp³-hybridized carbons (Fsp3) is 0.308. The number of hydrogen-bond acceptors (Lipinski definition) is 3. The molecule has 0 saturated carbocycles. The molecule has 0 aliphatic carbocycles. The molecular formula is C13H15ClN2O2. The van der Waals surface area contributed by atoms with Gasteiger partial charge in [-0.2, -0.15) is 5.10 Å². The van der Waals surface area contributed by atoms with Crippen molar-refractivity contribution in [3.63, 3.8) is 0 Å². The van der Waals surface area contributed by atoms with Crippen molar-refractivity contribution in [2.45, 2.75) is 13.0 Å². The number of ether oxygens (including phenoxy) is 1. The first-order valence-corrected chi connectivity index (χ1v) is 5.91. The molecule has 0 radical (unpaired) electrons. The van der Waals surface area contributed by atoms with Crippen LogP contribution in [0.15, 0.2) is 24.4 Å². The normalized spacial score (nSPS) is 12.5. The van der Waals surface area contributed by atoms with E-state index >= 15 is 0 Å². The van der Waals surface area contributed by atoms with Gasteiger partial charge in [-0.25, -0.2) is 0 Å². The minimum absolute atomic E-state index is 0.558. The van der Waals surface area contributed by atoms with Crippen LogP contribution in [0.4, 0.5) is 0 Å². The summed E-state index contributed by atoms with van der Waals surface area (Å²) >= 11 is 6.00. The van der Waals surface area contributed by atoms with Gasteiger partial charge in [-0.1, -0.05) is 17.7 Å². The van der Waals surface area contributed by atoms with Crippen molar-refractivity contribution in [2.75, 3.05) is 7.11 Å². The first-order chi connectivity index (χ1) is 8.52. The quantitative estimate of drug-likeness (QED) is 0.928. The third-order valence-corrected chi connectivity index (χ3v) is 3.03. The van der Waals surface area contributed by atoms with Crippen LogP contribution in [0.2, 0.25) is 5.02 Å². The predicted octanol–water partition coefficient (Wildman–Crippen LogP) is 2.47. The third-order valence-electron chi connectivity index (χ3n) is 2.81. The highest BCUT2D eigenvalue weighted by atomic mass is 35.5. The highest BCUT2D eigenvalue weighted by Crippen LogP contribution is 2.31. The van der Waals surface area contributed by atoms with E-state index in [1.54, 1.807) is 31.1 Å². The number of aryl methyl sites for hydroxylation is 2. The highest BCUT2D eigenvalue weighted by Gasteiger charge is 2.20. The van der Waals surface area contributed by atoms with Crippen molar-refractivity contribution in [3.05, 3.63) is 46.2 Å². The molecule has 18 heavy (non-hydrogen) atoms. The fourth-order valence-electron chi connectivity index (χ4n) is 1.98. The Labute approximate surface area is 111 Å². The van der Waals surface area contributed by atoms with E-state index in [0.717, 1.165) is 11.1 Å². The number of benzene rings is 1. The number of halogens is 1. The molecule has 0 spiro atoms. The molecule has 1 unspecified atom stereocenters. The van der Waals surface area contributed by atoms with E-state index in [-0.39, 0.29) is 0 Å². The van der Waals surface area contributed by atoms with Gasteiger partial charge in [0.1, 0.15) is 11.8 Å². The Morgan fingerprint density at radius 3 is 2.72 bits per heavy atom. The van der Waals surface area contributed by atoms with E-state index in [1.807, 2.05) is 19.1 Å². The van der Waals surface area contributed by atoms with Gasteiger partial charge in [0.2, 0.25) is 0 Å². The molecule has 1 N–H and O–H groups in total. The molecule has 0 saturated heterocycles. The van der Waals surface area contributed by atoms with Crippen molar-refractivity contribution in [3.8, 4) is 5.75 Å². The summed E-state index contributed by atoms with van der Waals surface area (Å²) in [4.78, 5) is 0. The number of aromatic nitrogens is 2. The van der Waals surface area contributed by atoms with Crippen LogP contribution in [0.1, 0.15) is 22.9 Å². The average Bonchev–Trinajstić information content (AvgIpc) is 2.68. The van der Waals surface area contributed by atoms with E-state index in [9.17, 15) is 5.11 Å². The number of nitrogens with zero attached hydrogens (tertiary/aromatic N) is 2. The van der Waals surface area contributed by atoms with Gasteiger partial charge in [0.15, 0.2) is 5.75 Å². The second-order valence-electron chi connectivity index (χ2n) is 4.19. The standard InChI is InChI=1S/C13H15ClN2O2/c1-8-4-9(6-10(14)5-8)13(17)12-11(18-3)7-15-16(12)2/h4-7,13,17H,1-3H3. The van der Waals surface area contributed by atoms with Crippen molar-refractivity contribution < 1.29 is 9.84 Å². The maximum absolute atomic E-state index is 10.4. The molecule has 0 amide bonds. The zero-order valence-corrected chi connectivity index (χ0v) is 11.3. The number of aliphatic hydroxyl groups excluding tert-OH is 1. The summed E-state index contributed by atoms with van der Waals surface area (Å²) in [5.41, 5.74) is 2.33. The largest absolute Gasteiger partial charge is 0.493 e. The van der Waals surface area contributed by atoms with Gasteiger partial charge in [-0.15, -0.1) is 0 Å². The summed E-state index contributed by atoms with van der Waals surface area (Å²) in [6.45, 7) is 1.93. The minimum Gasteiger partial charge on any atom is -0.493 e. The molecule has 4 nitrogen and oxygen atoms in total. The van der Waals surface area contributed by atoms with Crippen LogP contribution in [0.25, 0.3) is 0 Å². The van der Waals surface area contributed by atoms with Gasteiger partial charge >= 0.3 is 0 Å². The zero-order valence-electron chi connectivity index (χ0n) is 10.5. The van der Waals surface area contributed by atoms with Crippen LogP contribution in [0.3, 0.4) is 0 Å². The molecule has 96 valence electrons. The van der Waals surface area contributed by atoms with E-state index in [2.05, 4.69) is 5.10 Å². The minimum atomic E-state index is -0.815. The van der Waals surface area contributed by atoms with Crippen LogP contribution in [-0.4, -0.2) is 22.0 Å². The summed E-state index contributed by atoms with van der Waals surface area (Å²) in [7, 11) is 3.31. The molecule has 5 heteroatoms. The van der Waals surface area contributed by atoms with Crippen molar-refractivity contribution in [2.24, 2.45) is 7.05 Å². The summed E-state index contributed by atoms with van der Waals surface area (Å²) < 4.78 is 6.79. The first-order valence-electron chi connectivity index (χ1n) is 5.54. The van der Waals surface area contributed by atoms with E-state index in [1.165, 1.54) is 0 Å². The molecule has 1 atom stereocenters. The Bertz CT molecular complexity index is 546. The highest BCUT2D eigenvalue weighted by molar-refractivity contribution is 6.30. The van der Waals surface area contributed by atoms with Crippen LogP contribution < -0.4 is 4.74 Å². The molecule has 1 aromatic heterocycles. The molecule has 1 aromatic carbocycles. The van der Waals surface area contributed by atoms with E-state index in [4.69, 9.17) is 16.3 Å². The summed E-state index contributed by atoms with van der Waals surface area (Å²) in [5, 5.41) is 15.1. The third kappa shape index (κ3) is 2.35. The second-order valence-corrected chi connectivity index (χ2v) is 4.62.